The average Bonchev–Trinajstić information content (AvgIpc) is 2.62. The third kappa shape index (κ3) is 3.47. The molecule has 1 aliphatic heterocycles. The van der Waals surface area contributed by atoms with Crippen LogP contribution in [0, 0.1) is 0 Å². The molecule has 1 saturated carbocycles. The summed E-state index contributed by atoms with van der Waals surface area (Å²) in [5.41, 5.74) is 4.32. The molecule has 25 heavy (non-hydrogen) atoms. The zero-order valence-corrected chi connectivity index (χ0v) is 14.7. The molecule has 0 unspecified atom stereocenters. The third-order valence-corrected chi connectivity index (χ3v) is 5.90. The van der Waals surface area contributed by atoms with Crippen LogP contribution in [0.25, 0.3) is 0 Å². The lowest BCUT2D eigenvalue weighted by atomic mass is 9.64. The van der Waals surface area contributed by atoms with Crippen molar-refractivity contribution >= 4 is 5.91 Å². The Labute approximate surface area is 150 Å². The van der Waals surface area contributed by atoms with Gasteiger partial charge in [0.2, 0.25) is 5.91 Å². The molecule has 0 saturated heterocycles. The van der Waals surface area contributed by atoms with Crippen molar-refractivity contribution in [3.05, 3.63) is 71.3 Å². The Balaban J connectivity index is 1.33. The van der Waals surface area contributed by atoms with Crippen LogP contribution in [0.1, 0.15) is 36.0 Å². The van der Waals surface area contributed by atoms with Crippen LogP contribution in [-0.4, -0.2) is 30.4 Å². The number of fused-ring (bicyclic) bond motifs is 1. The molecule has 2 aromatic rings. The summed E-state index contributed by atoms with van der Waals surface area (Å²) >= 11 is 0. The summed E-state index contributed by atoms with van der Waals surface area (Å²) in [7, 11) is 0. The number of amides is 1. The van der Waals surface area contributed by atoms with Crippen LogP contribution in [-0.2, 0) is 23.2 Å². The van der Waals surface area contributed by atoms with Gasteiger partial charge in [0.25, 0.3) is 0 Å². The van der Waals surface area contributed by atoms with E-state index in [1.807, 2.05) is 0 Å². The second-order valence-corrected chi connectivity index (χ2v) is 7.51. The van der Waals surface area contributed by atoms with Gasteiger partial charge in [-0.3, -0.25) is 9.69 Å². The molecule has 0 spiro atoms. The fraction of sp³-hybridized carbons (Fsp3) is 0.409. The molecule has 1 aliphatic carbocycles. The van der Waals surface area contributed by atoms with Gasteiger partial charge in [-0.05, 0) is 36.0 Å². The third-order valence-electron chi connectivity index (χ3n) is 5.90. The molecule has 0 radical (unpaired) electrons. The van der Waals surface area contributed by atoms with E-state index in [4.69, 9.17) is 0 Å². The van der Waals surface area contributed by atoms with Gasteiger partial charge in [0.05, 0.1) is 6.54 Å². The quantitative estimate of drug-likeness (QED) is 0.910. The molecular weight excluding hydrogens is 308 g/mol. The summed E-state index contributed by atoms with van der Waals surface area (Å²) in [5.74, 6) is 0.154. The zero-order chi connectivity index (χ0) is 17.1. The maximum absolute atomic E-state index is 12.5. The van der Waals surface area contributed by atoms with Crippen molar-refractivity contribution in [3.63, 3.8) is 0 Å². The van der Waals surface area contributed by atoms with E-state index >= 15 is 0 Å². The molecule has 4 rings (SSSR count). The van der Waals surface area contributed by atoms with Crippen LogP contribution >= 0.6 is 0 Å². The minimum atomic E-state index is 0.154. The van der Waals surface area contributed by atoms with E-state index in [-0.39, 0.29) is 11.3 Å². The monoisotopic (exact) mass is 334 g/mol. The minimum absolute atomic E-state index is 0.154. The highest BCUT2D eigenvalue weighted by atomic mass is 16.2. The normalized spacial score (nSPS) is 18.9. The highest BCUT2D eigenvalue weighted by molar-refractivity contribution is 5.78. The van der Waals surface area contributed by atoms with Crippen molar-refractivity contribution in [3.8, 4) is 0 Å². The summed E-state index contributed by atoms with van der Waals surface area (Å²) in [4.78, 5) is 14.7. The Morgan fingerprint density at radius 1 is 1.00 bits per heavy atom. The number of hydrogen-bond donors (Lipinski definition) is 1. The van der Waals surface area contributed by atoms with Gasteiger partial charge in [-0.25, -0.2) is 0 Å². The Hall–Kier alpha value is -2.13. The van der Waals surface area contributed by atoms with E-state index in [1.165, 1.54) is 36.0 Å². The van der Waals surface area contributed by atoms with Crippen molar-refractivity contribution < 1.29 is 4.79 Å². The van der Waals surface area contributed by atoms with Gasteiger partial charge in [-0.1, -0.05) is 61.0 Å². The van der Waals surface area contributed by atoms with E-state index < -0.39 is 0 Å². The zero-order valence-electron chi connectivity index (χ0n) is 14.7. The first-order chi connectivity index (χ1) is 12.3. The van der Waals surface area contributed by atoms with E-state index in [9.17, 15) is 4.79 Å². The van der Waals surface area contributed by atoms with Crippen LogP contribution in [0.5, 0.6) is 0 Å². The number of benzene rings is 2. The first-order valence-electron chi connectivity index (χ1n) is 9.37. The number of nitrogens with one attached hydrogen (secondary N) is 1. The number of rotatable bonds is 5. The Kier molecular flexibility index (Phi) is 4.58. The number of hydrogen-bond acceptors (Lipinski definition) is 2. The molecule has 0 atom stereocenters. The van der Waals surface area contributed by atoms with E-state index in [2.05, 4.69) is 64.8 Å². The van der Waals surface area contributed by atoms with Crippen molar-refractivity contribution in [2.75, 3.05) is 19.6 Å². The van der Waals surface area contributed by atoms with Crippen LogP contribution in [0.3, 0.4) is 0 Å². The smallest absolute Gasteiger partial charge is 0.234 e. The molecule has 0 aromatic heterocycles. The van der Waals surface area contributed by atoms with E-state index in [0.29, 0.717) is 6.54 Å². The maximum Gasteiger partial charge on any atom is 0.234 e. The van der Waals surface area contributed by atoms with Crippen molar-refractivity contribution in [1.82, 2.24) is 10.2 Å². The number of carbonyl (C=O) groups excluding carboxylic acids is 1. The second-order valence-electron chi connectivity index (χ2n) is 7.51. The van der Waals surface area contributed by atoms with Crippen LogP contribution in [0.4, 0.5) is 0 Å². The van der Waals surface area contributed by atoms with E-state index in [1.54, 1.807) is 0 Å². The van der Waals surface area contributed by atoms with Gasteiger partial charge in [-0.2, -0.15) is 0 Å². The Morgan fingerprint density at radius 2 is 1.72 bits per heavy atom. The van der Waals surface area contributed by atoms with Gasteiger partial charge in [0.15, 0.2) is 0 Å². The topological polar surface area (TPSA) is 32.3 Å². The van der Waals surface area contributed by atoms with Gasteiger partial charge < -0.3 is 5.32 Å². The molecule has 2 aliphatic rings. The molecule has 1 N–H and O–H groups in total. The van der Waals surface area contributed by atoms with Crippen LogP contribution in [0.15, 0.2) is 54.6 Å². The van der Waals surface area contributed by atoms with E-state index in [0.717, 1.165) is 26.1 Å². The Bertz CT molecular complexity index is 737. The minimum Gasteiger partial charge on any atom is -0.354 e. The molecule has 1 amide bonds. The first kappa shape index (κ1) is 16.3. The van der Waals surface area contributed by atoms with Gasteiger partial charge in [-0.15, -0.1) is 0 Å². The highest BCUT2D eigenvalue weighted by Crippen LogP contribution is 2.43. The van der Waals surface area contributed by atoms with Crippen LogP contribution < -0.4 is 5.32 Å². The van der Waals surface area contributed by atoms with Crippen molar-refractivity contribution in [1.29, 1.82) is 0 Å². The largest absolute Gasteiger partial charge is 0.354 e. The number of carbonyl (C=O) groups is 1. The summed E-state index contributed by atoms with van der Waals surface area (Å²) < 4.78 is 0. The predicted molar refractivity (Wildman–Crippen MR) is 100 cm³/mol. The molecule has 0 bridgehead atoms. The lowest BCUT2D eigenvalue weighted by molar-refractivity contribution is -0.122. The molecule has 1 heterocycles. The fourth-order valence-electron chi connectivity index (χ4n) is 4.18. The Morgan fingerprint density at radius 3 is 2.44 bits per heavy atom. The maximum atomic E-state index is 12.5. The summed E-state index contributed by atoms with van der Waals surface area (Å²) in [6.45, 7) is 3.11. The lowest BCUT2D eigenvalue weighted by Gasteiger charge is -2.42. The highest BCUT2D eigenvalue weighted by Gasteiger charge is 2.38. The molecule has 3 nitrogen and oxygen atoms in total. The van der Waals surface area contributed by atoms with Gasteiger partial charge >= 0.3 is 0 Å². The fourth-order valence-corrected chi connectivity index (χ4v) is 4.18. The van der Waals surface area contributed by atoms with Crippen LogP contribution in [0.2, 0.25) is 0 Å². The number of nitrogens with zero attached hydrogens (tertiary/aromatic N) is 1. The standard InChI is InChI=1S/C22H26N2O/c25-21(16-24-14-11-18-7-4-5-8-19(18)15-24)23-17-22(12-6-13-22)20-9-2-1-3-10-20/h1-5,7-10H,6,11-17H2,(H,23,25). The van der Waals surface area contributed by atoms with Gasteiger partial charge in [0, 0.05) is 25.0 Å². The molecular formula is C22H26N2O. The molecule has 130 valence electrons. The first-order valence-corrected chi connectivity index (χ1v) is 9.37. The average molecular weight is 334 g/mol. The molecule has 1 fully saturated rings. The predicted octanol–water partition coefficient (Wildman–Crippen LogP) is 3.28. The summed E-state index contributed by atoms with van der Waals surface area (Å²) in [6, 6.07) is 19.2. The SMILES string of the molecule is O=C(CN1CCc2ccccc2C1)NCC1(c2ccccc2)CCC1. The molecule has 3 heteroatoms. The summed E-state index contributed by atoms with van der Waals surface area (Å²) in [5, 5.41) is 3.21. The molecule has 2 aromatic carbocycles. The van der Waals surface area contributed by atoms with Gasteiger partial charge in [0.1, 0.15) is 0 Å². The van der Waals surface area contributed by atoms with Crippen molar-refractivity contribution in [2.24, 2.45) is 0 Å². The second kappa shape index (κ2) is 7.01. The summed E-state index contributed by atoms with van der Waals surface area (Å²) in [6.07, 6.45) is 4.65. The lowest BCUT2D eigenvalue weighted by Crippen LogP contribution is -2.48. The van der Waals surface area contributed by atoms with Crippen molar-refractivity contribution in [2.45, 2.75) is 37.6 Å².